The van der Waals surface area contributed by atoms with Crippen molar-refractivity contribution >= 4 is 0 Å². The summed E-state index contributed by atoms with van der Waals surface area (Å²) in [6, 6.07) is 5.40. The van der Waals surface area contributed by atoms with E-state index in [4.69, 9.17) is 10.6 Å². The van der Waals surface area contributed by atoms with Gasteiger partial charge in [-0.2, -0.15) is 4.68 Å². The zero-order valence-electron chi connectivity index (χ0n) is 12.3. The fourth-order valence-corrected chi connectivity index (χ4v) is 1.70. The molecule has 21 heavy (non-hydrogen) atoms. The van der Waals surface area contributed by atoms with Crippen LogP contribution in [0.4, 0.5) is 0 Å². The SMILES string of the molecule is [3H]c1ccc(OCc2nnoc2-n2nnn(C)c2=O)c(C)c1. The van der Waals surface area contributed by atoms with Gasteiger partial charge in [0, 0.05) is 12.3 Å². The van der Waals surface area contributed by atoms with Crippen LogP contribution in [0.1, 0.15) is 12.6 Å². The van der Waals surface area contributed by atoms with E-state index in [1.807, 2.05) is 6.92 Å². The van der Waals surface area contributed by atoms with Crippen molar-refractivity contribution in [1.29, 1.82) is 0 Å². The van der Waals surface area contributed by atoms with Gasteiger partial charge in [-0.1, -0.05) is 18.2 Å². The molecule has 2 heterocycles. The van der Waals surface area contributed by atoms with Crippen molar-refractivity contribution in [2.75, 3.05) is 0 Å². The van der Waals surface area contributed by atoms with Gasteiger partial charge in [-0.25, -0.2) is 4.79 Å². The second-order valence-electron chi connectivity index (χ2n) is 4.30. The van der Waals surface area contributed by atoms with Crippen LogP contribution in [0, 0.1) is 6.92 Å². The third-order valence-electron chi connectivity index (χ3n) is 2.83. The molecule has 3 rings (SSSR count). The zero-order chi connectivity index (χ0) is 15.7. The number of benzene rings is 1. The highest BCUT2D eigenvalue weighted by molar-refractivity contribution is 5.32. The molecule has 108 valence electrons. The average molecular weight is 290 g/mol. The molecule has 0 saturated heterocycles. The first-order valence-corrected chi connectivity index (χ1v) is 6.07. The fourth-order valence-electron chi connectivity index (χ4n) is 1.70. The van der Waals surface area contributed by atoms with E-state index in [-0.39, 0.29) is 12.5 Å². The number of hydrogen-bond donors (Lipinski definition) is 0. The number of aromatic nitrogens is 6. The summed E-state index contributed by atoms with van der Waals surface area (Å²) < 4.78 is 20.1. The summed E-state index contributed by atoms with van der Waals surface area (Å²) in [5.74, 6) is 0.671. The Hall–Kier alpha value is -2.97. The Balaban J connectivity index is 1.84. The zero-order valence-corrected chi connectivity index (χ0v) is 11.3. The molecule has 0 radical (unpaired) electrons. The Bertz CT molecular complexity index is 868. The van der Waals surface area contributed by atoms with Crippen LogP contribution in [0.2, 0.25) is 0 Å². The van der Waals surface area contributed by atoms with Crippen LogP contribution < -0.4 is 10.4 Å². The Morgan fingerprint density at radius 1 is 1.43 bits per heavy atom. The number of aryl methyl sites for hydroxylation is 2. The summed E-state index contributed by atoms with van der Waals surface area (Å²) in [5, 5.41) is 14.5. The molecular weight excluding hydrogens is 276 g/mol. The lowest BCUT2D eigenvalue weighted by atomic mass is 10.2. The van der Waals surface area contributed by atoms with Gasteiger partial charge < -0.3 is 9.26 Å². The smallest absolute Gasteiger partial charge is 0.371 e. The molecular formula is C12H12N6O3. The number of para-hydroxylation sites is 1. The minimum Gasteiger partial charge on any atom is -0.487 e. The topological polar surface area (TPSA) is 101 Å². The maximum absolute atomic E-state index is 11.8. The van der Waals surface area contributed by atoms with Crippen molar-refractivity contribution in [3.8, 4) is 11.6 Å². The van der Waals surface area contributed by atoms with E-state index in [1.165, 1.54) is 7.05 Å². The van der Waals surface area contributed by atoms with E-state index in [9.17, 15) is 4.79 Å². The van der Waals surface area contributed by atoms with Crippen molar-refractivity contribution in [2.24, 2.45) is 7.05 Å². The van der Waals surface area contributed by atoms with Gasteiger partial charge in [0.1, 0.15) is 12.4 Å². The van der Waals surface area contributed by atoms with E-state index < -0.39 is 5.69 Å². The first-order valence-electron chi connectivity index (χ1n) is 6.57. The van der Waals surface area contributed by atoms with Gasteiger partial charge >= 0.3 is 5.69 Å². The Morgan fingerprint density at radius 3 is 3.00 bits per heavy atom. The predicted octanol–water partition coefficient (Wildman–Crippen LogP) is 0.236. The Morgan fingerprint density at radius 2 is 2.29 bits per heavy atom. The highest BCUT2D eigenvalue weighted by Crippen LogP contribution is 2.18. The summed E-state index contributed by atoms with van der Waals surface area (Å²) in [5.41, 5.74) is 0.661. The van der Waals surface area contributed by atoms with Crippen LogP contribution >= 0.6 is 0 Å². The first kappa shape index (κ1) is 11.8. The molecule has 0 aliphatic rings. The number of tetrazole rings is 1. The summed E-state index contributed by atoms with van der Waals surface area (Å²) in [7, 11) is 1.47. The molecule has 0 N–H and O–H groups in total. The highest BCUT2D eigenvalue weighted by Gasteiger charge is 2.18. The van der Waals surface area contributed by atoms with Crippen LogP contribution in [-0.4, -0.2) is 30.2 Å². The standard InChI is InChI=1S/C12H12N6O3/c1-8-5-3-4-6-10(8)20-7-9-11(21-16-13-9)18-12(19)17(2)14-15-18/h3-6H,7H2,1-2H3/i3T. The number of hydrogen-bond acceptors (Lipinski definition) is 7. The summed E-state index contributed by atoms with van der Waals surface area (Å²) in [4.78, 5) is 11.8. The molecule has 0 atom stereocenters. The number of ether oxygens (including phenoxy) is 1. The van der Waals surface area contributed by atoms with Gasteiger partial charge in [-0.15, -0.1) is 9.78 Å². The maximum Gasteiger partial charge on any atom is 0.371 e. The molecule has 0 aliphatic carbocycles. The Labute approximate surface area is 120 Å². The van der Waals surface area contributed by atoms with Gasteiger partial charge in [-0.3, -0.25) is 0 Å². The average Bonchev–Trinajstić information content (AvgIpc) is 3.06. The lowest BCUT2D eigenvalue weighted by Gasteiger charge is -2.06. The first-order chi connectivity index (χ1) is 10.6. The van der Waals surface area contributed by atoms with Crippen molar-refractivity contribution in [3.63, 3.8) is 0 Å². The summed E-state index contributed by atoms with van der Waals surface area (Å²) in [6.45, 7) is 1.88. The third-order valence-corrected chi connectivity index (χ3v) is 2.83. The molecule has 0 bridgehead atoms. The van der Waals surface area contributed by atoms with Crippen molar-refractivity contribution < 1.29 is 10.6 Å². The lowest BCUT2D eigenvalue weighted by Crippen LogP contribution is -2.22. The van der Waals surface area contributed by atoms with E-state index in [0.717, 1.165) is 14.9 Å². The van der Waals surface area contributed by atoms with E-state index in [2.05, 4.69) is 20.8 Å². The van der Waals surface area contributed by atoms with E-state index >= 15 is 0 Å². The summed E-state index contributed by atoms with van der Waals surface area (Å²) >= 11 is 0. The van der Waals surface area contributed by atoms with Crippen LogP contribution in [0.5, 0.6) is 5.75 Å². The van der Waals surface area contributed by atoms with Crippen LogP contribution in [0.3, 0.4) is 0 Å². The van der Waals surface area contributed by atoms with Gasteiger partial charge in [-0.05, 0) is 29.0 Å². The Kier molecular flexibility index (Phi) is 2.92. The van der Waals surface area contributed by atoms with Gasteiger partial charge in [0.15, 0.2) is 5.69 Å². The minimum absolute atomic E-state index is 0.0417. The normalized spacial score (nSPS) is 11.4. The molecule has 1 aromatic carbocycles. The van der Waals surface area contributed by atoms with Crippen LogP contribution in [0.25, 0.3) is 5.88 Å². The third kappa shape index (κ3) is 2.40. The molecule has 9 nitrogen and oxygen atoms in total. The van der Waals surface area contributed by atoms with Crippen molar-refractivity contribution in [3.05, 3.63) is 46.0 Å². The second kappa shape index (κ2) is 5.19. The molecule has 0 aliphatic heterocycles. The van der Waals surface area contributed by atoms with Gasteiger partial charge in [0.2, 0.25) is 0 Å². The molecule has 2 aromatic heterocycles. The fraction of sp³-hybridized carbons (Fsp3) is 0.250. The molecule has 0 fully saturated rings. The van der Waals surface area contributed by atoms with Crippen molar-refractivity contribution in [1.82, 2.24) is 30.2 Å². The molecule has 0 amide bonds. The number of nitrogens with zero attached hydrogens (tertiary/aromatic N) is 6. The largest absolute Gasteiger partial charge is 0.487 e. The maximum atomic E-state index is 11.8. The van der Waals surface area contributed by atoms with Crippen LogP contribution in [-0.2, 0) is 13.7 Å². The molecule has 0 spiro atoms. The van der Waals surface area contributed by atoms with Gasteiger partial charge in [0.05, 0.1) is 1.37 Å². The molecule has 0 saturated carbocycles. The van der Waals surface area contributed by atoms with E-state index in [1.54, 1.807) is 18.2 Å². The minimum atomic E-state index is -0.477. The second-order valence-corrected chi connectivity index (χ2v) is 4.30. The molecule has 0 unspecified atom stereocenters. The molecule has 3 aromatic rings. The lowest BCUT2D eigenvalue weighted by molar-refractivity contribution is 0.297. The van der Waals surface area contributed by atoms with Gasteiger partial charge in [0.25, 0.3) is 5.88 Å². The molecule has 9 heteroatoms. The highest BCUT2D eigenvalue weighted by atomic mass is 16.5. The van der Waals surface area contributed by atoms with Crippen molar-refractivity contribution in [2.45, 2.75) is 13.5 Å². The van der Waals surface area contributed by atoms with Crippen LogP contribution in [0.15, 0.2) is 33.6 Å². The summed E-state index contributed by atoms with van der Waals surface area (Å²) in [6.07, 6.45) is 0. The monoisotopic (exact) mass is 290 g/mol. The number of rotatable bonds is 4. The quantitative estimate of drug-likeness (QED) is 0.678. The van der Waals surface area contributed by atoms with E-state index in [0.29, 0.717) is 17.5 Å². The predicted molar refractivity (Wildman–Crippen MR) is 70.0 cm³/mol.